The van der Waals surface area contributed by atoms with Crippen molar-refractivity contribution < 1.29 is 22.4 Å². The maximum atomic E-state index is 12.5. The Balaban J connectivity index is 1.68. The number of carbonyl (C=O) groups excluding carboxylic acids is 1. The van der Waals surface area contributed by atoms with Gasteiger partial charge in [-0.15, -0.1) is 0 Å². The molecule has 8 heteroatoms. The summed E-state index contributed by atoms with van der Waals surface area (Å²) in [6, 6.07) is 12.9. The van der Waals surface area contributed by atoms with E-state index in [4.69, 9.17) is 9.15 Å². The SMILES string of the molecule is CC(NC1(CNC(=O)c2ccc(S(C)(=O)=O)o2)CCOCC1)c1ccccc1. The smallest absolute Gasteiger partial charge is 0.287 e. The Kier molecular flexibility index (Phi) is 6.22. The molecule has 0 aliphatic carbocycles. The molecule has 1 aliphatic rings. The summed E-state index contributed by atoms with van der Waals surface area (Å²) in [7, 11) is -3.49. The first-order chi connectivity index (χ1) is 13.3. The molecule has 1 fully saturated rings. The minimum absolute atomic E-state index is 0.0151. The highest BCUT2D eigenvalue weighted by Gasteiger charge is 2.34. The predicted molar refractivity (Wildman–Crippen MR) is 105 cm³/mol. The standard InChI is InChI=1S/C20H26N2O5S/c1-15(16-6-4-3-5-7-16)22-20(10-12-26-13-11-20)14-21-19(23)17-8-9-18(27-17)28(2,24)25/h3-9,15,22H,10-14H2,1-2H3,(H,21,23). The Bertz CT molecular complexity index is 902. The minimum atomic E-state index is -3.49. The summed E-state index contributed by atoms with van der Waals surface area (Å²) in [4.78, 5) is 12.5. The zero-order valence-corrected chi connectivity index (χ0v) is 16.9. The topological polar surface area (TPSA) is 97.6 Å². The molecule has 1 saturated heterocycles. The number of carbonyl (C=O) groups is 1. The molecule has 1 amide bonds. The molecule has 1 aliphatic heterocycles. The van der Waals surface area contributed by atoms with Crippen molar-refractivity contribution in [2.45, 2.75) is 36.4 Å². The average Bonchev–Trinajstić information content (AvgIpc) is 3.18. The summed E-state index contributed by atoms with van der Waals surface area (Å²) < 4.78 is 33.8. The number of hydrogen-bond acceptors (Lipinski definition) is 6. The van der Waals surface area contributed by atoms with Crippen LogP contribution >= 0.6 is 0 Å². The summed E-state index contributed by atoms with van der Waals surface area (Å²) in [5.41, 5.74) is 0.860. The van der Waals surface area contributed by atoms with Crippen molar-refractivity contribution in [1.29, 1.82) is 0 Å². The molecule has 1 unspecified atom stereocenters. The molecule has 152 valence electrons. The molecule has 2 heterocycles. The molecule has 0 spiro atoms. The Morgan fingerprint density at radius 3 is 2.43 bits per heavy atom. The average molecular weight is 407 g/mol. The van der Waals surface area contributed by atoms with Crippen LogP contribution in [0.5, 0.6) is 0 Å². The molecule has 28 heavy (non-hydrogen) atoms. The highest BCUT2D eigenvalue weighted by atomic mass is 32.2. The number of hydrogen-bond donors (Lipinski definition) is 2. The Hall–Kier alpha value is -2.16. The largest absolute Gasteiger partial charge is 0.440 e. The van der Waals surface area contributed by atoms with Crippen molar-refractivity contribution in [3.05, 3.63) is 53.8 Å². The van der Waals surface area contributed by atoms with E-state index in [0.29, 0.717) is 19.8 Å². The molecule has 3 rings (SSSR count). The number of ether oxygens (including phenoxy) is 1. The van der Waals surface area contributed by atoms with Crippen LogP contribution in [0, 0.1) is 0 Å². The molecular weight excluding hydrogens is 380 g/mol. The van der Waals surface area contributed by atoms with Crippen molar-refractivity contribution in [2.75, 3.05) is 26.0 Å². The van der Waals surface area contributed by atoms with Crippen LogP contribution in [0.25, 0.3) is 0 Å². The highest BCUT2D eigenvalue weighted by molar-refractivity contribution is 7.90. The second kappa shape index (κ2) is 8.46. The van der Waals surface area contributed by atoms with Gasteiger partial charge in [0.1, 0.15) is 0 Å². The molecule has 0 radical (unpaired) electrons. The molecule has 0 saturated carbocycles. The summed E-state index contributed by atoms with van der Waals surface area (Å²) in [5, 5.41) is 6.34. The van der Waals surface area contributed by atoms with Crippen LogP contribution < -0.4 is 10.6 Å². The van der Waals surface area contributed by atoms with Gasteiger partial charge in [0.25, 0.3) is 5.91 Å². The van der Waals surface area contributed by atoms with Crippen LogP contribution in [0.15, 0.2) is 52.0 Å². The monoisotopic (exact) mass is 406 g/mol. The van der Waals surface area contributed by atoms with E-state index in [9.17, 15) is 13.2 Å². The van der Waals surface area contributed by atoms with Crippen LogP contribution in [-0.4, -0.2) is 45.9 Å². The van der Waals surface area contributed by atoms with Crippen molar-refractivity contribution in [2.24, 2.45) is 0 Å². The fourth-order valence-electron chi connectivity index (χ4n) is 3.40. The third-order valence-corrected chi connectivity index (χ3v) is 5.98. The lowest BCUT2D eigenvalue weighted by Gasteiger charge is -2.40. The summed E-state index contributed by atoms with van der Waals surface area (Å²) in [6.07, 6.45) is 2.56. The van der Waals surface area contributed by atoms with Gasteiger partial charge < -0.3 is 19.8 Å². The predicted octanol–water partition coefficient (Wildman–Crippen LogP) is 2.31. The fourth-order valence-corrected chi connectivity index (χ4v) is 3.95. The third-order valence-electron chi connectivity index (χ3n) is 5.03. The van der Waals surface area contributed by atoms with Gasteiger partial charge in [0.2, 0.25) is 14.9 Å². The van der Waals surface area contributed by atoms with Crippen LogP contribution in [0.3, 0.4) is 0 Å². The van der Waals surface area contributed by atoms with Crippen molar-refractivity contribution in [1.82, 2.24) is 10.6 Å². The molecule has 0 bridgehead atoms. The quantitative estimate of drug-likeness (QED) is 0.732. The lowest BCUT2D eigenvalue weighted by molar-refractivity contribution is 0.0330. The Morgan fingerprint density at radius 1 is 1.14 bits per heavy atom. The number of nitrogens with one attached hydrogen (secondary N) is 2. The Labute approximate surface area is 165 Å². The van der Waals surface area contributed by atoms with E-state index in [1.165, 1.54) is 17.7 Å². The van der Waals surface area contributed by atoms with E-state index in [1.54, 1.807) is 0 Å². The normalized spacial score (nSPS) is 17.8. The fraction of sp³-hybridized carbons (Fsp3) is 0.450. The van der Waals surface area contributed by atoms with E-state index in [1.807, 2.05) is 18.2 Å². The van der Waals surface area contributed by atoms with Gasteiger partial charge in [0.05, 0.1) is 0 Å². The molecule has 2 N–H and O–H groups in total. The second-order valence-corrected chi connectivity index (χ2v) is 9.19. The van der Waals surface area contributed by atoms with Crippen LogP contribution in [0.2, 0.25) is 0 Å². The summed E-state index contributed by atoms with van der Waals surface area (Å²) in [5.74, 6) is -0.450. The van der Waals surface area contributed by atoms with E-state index in [2.05, 4.69) is 29.7 Å². The van der Waals surface area contributed by atoms with Crippen LogP contribution in [0.1, 0.15) is 41.9 Å². The van der Waals surface area contributed by atoms with E-state index in [0.717, 1.165) is 19.1 Å². The number of furan rings is 1. The van der Waals surface area contributed by atoms with E-state index >= 15 is 0 Å². The van der Waals surface area contributed by atoms with Gasteiger partial charge in [-0.25, -0.2) is 8.42 Å². The summed E-state index contributed by atoms with van der Waals surface area (Å²) in [6.45, 7) is 3.72. The highest BCUT2D eigenvalue weighted by Crippen LogP contribution is 2.25. The van der Waals surface area contributed by atoms with Gasteiger partial charge in [-0.1, -0.05) is 30.3 Å². The zero-order chi connectivity index (χ0) is 20.2. The van der Waals surface area contributed by atoms with Gasteiger partial charge in [-0.2, -0.15) is 0 Å². The van der Waals surface area contributed by atoms with Crippen molar-refractivity contribution in [3.8, 4) is 0 Å². The van der Waals surface area contributed by atoms with Crippen molar-refractivity contribution in [3.63, 3.8) is 0 Å². The number of rotatable bonds is 7. The van der Waals surface area contributed by atoms with E-state index in [-0.39, 0.29) is 22.4 Å². The Morgan fingerprint density at radius 2 is 1.82 bits per heavy atom. The number of benzene rings is 1. The maximum absolute atomic E-state index is 12.5. The van der Waals surface area contributed by atoms with E-state index < -0.39 is 15.7 Å². The molecular formula is C20H26N2O5S. The van der Waals surface area contributed by atoms with Gasteiger partial charge in [0.15, 0.2) is 5.76 Å². The van der Waals surface area contributed by atoms with Crippen LogP contribution in [0.4, 0.5) is 0 Å². The molecule has 1 atom stereocenters. The summed E-state index contributed by atoms with van der Waals surface area (Å²) >= 11 is 0. The first kappa shape index (κ1) is 20.6. The third kappa shape index (κ3) is 5.01. The minimum Gasteiger partial charge on any atom is -0.440 e. The maximum Gasteiger partial charge on any atom is 0.287 e. The van der Waals surface area contributed by atoms with Gasteiger partial charge in [-0.3, -0.25) is 4.79 Å². The van der Waals surface area contributed by atoms with Gasteiger partial charge in [0, 0.05) is 37.6 Å². The molecule has 1 aromatic heterocycles. The van der Waals surface area contributed by atoms with Gasteiger partial charge in [-0.05, 0) is 37.5 Å². The molecule has 7 nitrogen and oxygen atoms in total. The van der Waals surface area contributed by atoms with Crippen molar-refractivity contribution >= 4 is 15.7 Å². The number of sulfone groups is 1. The first-order valence-electron chi connectivity index (χ1n) is 9.28. The number of amides is 1. The van der Waals surface area contributed by atoms with Gasteiger partial charge >= 0.3 is 0 Å². The van der Waals surface area contributed by atoms with Crippen LogP contribution in [-0.2, 0) is 14.6 Å². The molecule has 2 aromatic rings. The first-order valence-corrected chi connectivity index (χ1v) is 11.2. The lowest BCUT2D eigenvalue weighted by Crippen LogP contribution is -2.57. The molecule has 1 aromatic carbocycles. The lowest BCUT2D eigenvalue weighted by atomic mass is 9.88. The zero-order valence-electron chi connectivity index (χ0n) is 16.1. The second-order valence-electron chi connectivity index (χ2n) is 7.24.